The zero-order chi connectivity index (χ0) is 12.6. The van der Waals surface area contributed by atoms with E-state index in [4.69, 9.17) is 10.5 Å². The third-order valence-electron chi connectivity index (χ3n) is 2.85. The van der Waals surface area contributed by atoms with Crippen LogP contribution < -0.4 is 5.73 Å². The predicted molar refractivity (Wildman–Crippen MR) is 67.3 cm³/mol. The molecular formula is C13H27NO2. The van der Waals surface area contributed by atoms with Gasteiger partial charge < -0.3 is 10.5 Å². The monoisotopic (exact) mass is 229 g/mol. The molecule has 0 bridgehead atoms. The summed E-state index contributed by atoms with van der Waals surface area (Å²) in [5.74, 6) is 1.37. The van der Waals surface area contributed by atoms with Crippen molar-refractivity contribution in [3.8, 4) is 0 Å². The second kappa shape index (κ2) is 8.71. The van der Waals surface area contributed by atoms with E-state index >= 15 is 0 Å². The maximum Gasteiger partial charge on any atom is 0.158 e. The molecule has 0 aromatic heterocycles. The standard InChI is InChI=1S/C13H27NO2/c1-10(2)12(7-8-14)5-6-13(15)9-16-11(3)4/h10-12H,5-9,14H2,1-4H3. The Morgan fingerprint density at radius 1 is 1.19 bits per heavy atom. The molecule has 0 spiro atoms. The van der Waals surface area contributed by atoms with Crippen molar-refractivity contribution in [2.75, 3.05) is 13.2 Å². The first-order valence-electron chi connectivity index (χ1n) is 6.30. The molecule has 0 aliphatic rings. The van der Waals surface area contributed by atoms with Crippen LogP contribution >= 0.6 is 0 Å². The molecule has 0 saturated carbocycles. The van der Waals surface area contributed by atoms with Gasteiger partial charge in [-0.15, -0.1) is 0 Å². The smallest absolute Gasteiger partial charge is 0.158 e. The maximum absolute atomic E-state index is 11.5. The number of nitrogens with two attached hydrogens (primary N) is 1. The molecule has 0 amide bonds. The van der Waals surface area contributed by atoms with E-state index in [1.54, 1.807) is 0 Å². The molecule has 0 aromatic rings. The van der Waals surface area contributed by atoms with E-state index in [2.05, 4.69) is 13.8 Å². The molecule has 0 rings (SSSR count). The Bertz CT molecular complexity index is 190. The van der Waals surface area contributed by atoms with Crippen LogP contribution in [0.4, 0.5) is 0 Å². The fraction of sp³-hybridized carbons (Fsp3) is 0.923. The van der Waals surface area contributed by atoms with Gasteiger partial charge in [-0.2, -0.15) is 0 Å². The summed E-state index contributed by atoms with van der Waals surface area (Å²) in [6, 6.07) is 0. The molecule has 0 aromatic carbocycles. The van der Waals surface area contributed by atoms with Crippen LogP contribution in [0.15, 0.2) is 0 Å². The molecular weight excluding hydrogens is 202 g/mol. The Morgan fingerprint density at radius 3 is 2.25 bits per heavy atom. The molecule has 0 radical (unpaired) electrons. The number of carbonyl (C=O) groups excluding carboxylic acids is 1. The molecule has 0 aliphatic heterocycles. The molecule has 1 atom stereocenters. The third-order valence-corrected chi connectivity index (χ3v) is 2.85. The van der Waals surface area contributed by atoms with Gasteiger partial charge in [0, 0.05) is 6.42 Å². The van der Waals surface area contributed by atoms with Gasteiger partial charge in [-0.05, 0) is 45.1 Å². The van der Waals surface area contributed by atoms with E-state index in [0.717, 1.165) is 12.8 Å². The minimum Gasteiger partial charge on any atom is -0.371 e. The lowest BCUT2D eigenvalue weighted by Gasteiger charge is -2.19. The first-order chi connectivity index (χ1) is 7.47. The molecule has 3 heteroatoms. The topological polar surface area (TPSA) is 52.3 Å². The highest BCUT2D eigenvalue weighted by molar-refractivity contribution is 5.79. The van der Waals surface area contributed by atoms with Crippen LogP contribution in [0, 0.1) is 11.8 Å². The zero-order valence-corrected chi connectivity index (χ0v) is 11.2. The van der Waals surface area contributed by atoms with E-state index < -0.39 is 0 Å². The summed E-state index contributed by atoms with van der Waals surface area (Å²) in [5, 5.41) is 0. The van der Waals surface area contributed by atoms with Crippen molar-refractivity contribution in [1.82, 2.24) is 0 Å². The number of ketones is 1. The lowest BCUT2D eigenvalue weighted by molar-refractivity contribution is -0.125. The Hall–Kier alpha value is -0.410. The molecule has 3 nitrogen and oxygen atoms in total. The lowest BCUT2D eigenvalue weighted by atomic mass is 9.88. The van der Waals surface area contributed by atoms with E-state index in [-0.39, 0.29) is 18.5 Å². The molecule has 16 heavy (non-hydrogen) atoms. The van der Waals surface area contributed by atoms with Crippen molar-refractivity contribution < 1.29 is 9.53 Å². The quantitative estimate of drug-likeness (QED) is 0.660. The summed E-state index contributed by atoms with van der Waals surface area (Å²) < 4.78 is 5.28. The summed E-state index contributed by atoms with van der Waals surface area (Å²) in [5.41, 5.74) is 5.56. The Kier molecular flexibility index (Phi) is 8.49. The summed E-state index contributed by atoms with van der Waals surface area (Å²) in [6.45, 7) is 9.23. The Balaban J connectivity index is 3.78. The van der Waals surface area contributed by atoms with E-state index in [1.165, 1.54) is 0 Å². The Morgan fingerprint density at radius 2 is 1.81 bits per heavy atom. The van der Waals surface area contributed by atoms with E-state index in [0.29, 0.717) is 24.8 Å². The molecule has 2 N–H and O–H groups in total. The molecule has 0 saturated heterocycles. The zero-order valence-electron chi connectivity index (χ0n) is 11.2. The van der Waals surface area contributed by atoms with Gasteiger partial charge in [-0.1, -0.05) is 13.8 Å². The average molecular weight is 229 g/mol. The number of hydrogen-bond acceptors (Lipinski definition) is 3. The fourth-order valence-electron chi connectivity index (χ4n) is 1.70. The molecule has 0 aliphatic carbocycles. The van der Waals surface area contributed by atoms with Gasteiger partial charge in [-0.25, -0.2) is 0 Å². The SMILES string of the molecule is CC(C)OCC(=O)CCC(CCN)C(C)C. The van der Waals surface area contributed by atoms with Crippen molar-refractivity contribution in [2.45, 2.75) is 53.1 Å². The second-order valence-corrected chi connectivity index (χ2v) is 5.02. The number of Topliss-reactive ketones (excluding diaryl/α,β-unsaturated/α-hetero) is 1. The first kappa shape index (κ1) is 15.6. The van der Waals surface area contributed by atoms with Crippen molar-refractivity contribution in [3.63, 3.8) is 0 Å². The van der Waals surface area contributed by atoms with Gasteiger partial charge in [0.25, 0.3) is 0 Å². The highest BCUT2D eigenvalue weighted by atomic mass is 16.5. The molecule has 0 heterocycles. The summed E-state index contributed by atoms with van der Waals surface area (Å²) in [6.07, 6.45) is 2.70. The van der Waals surface area contributed by atoms with Gasteiger partial charge in [-0.3, -0.25) is 4.79 Å². The van der Waals surface area contributed by atoms with E-state index in [1.807, 2.05) is 13.8 Å². The third kappa shape index (κ3) is 7.83. The van der Waals surface area contributed by atoms with Crippen LogP contribution in [0.1, 0.15) is 47.0 Å². The van der Waals surface area contributed by atoms with Gasteiger partial charge in [0.05, 0.1) is 6.10 Å². The van der Waals surface area contributed by atoms with Crippen molar-refractivity contribution in [2.24, 2.45) is 17.6 Å². The normalized spacial score (nSPS) is 13.4. The van der Waals surface area contributed by atoms with Crippen LogP contribution in [-0.2, 0) is 9.53 Å². The lowest BCUT2D eigenvalue weighted by Crippen LogP contribution is -2.18. The van der Waals surface area contributed by atoms with Crippen LogP contribution in [0.25, 0.3) is 0 Å². The second-order valence-electron chi connectivity index (χ2n) is 5.02. The fourth-order valence-corrected chi connectivity index (χ4v) is 1.70. The average Bonchev–Trinajstić information content (AvgIpc) is 2.20. The van der Waals surface area contributed by atoms with Crippen LogP contribution in [0.2, 0.25) is 0 Å². The number of hydrogen-bond donors (Lipinski definition) is 1. The van der Waals surface area contributed by atoms with Crippen LogP contribution in [0.3, 0.4) is 0 Å². The molecule has 0 fully saturated rings. The summed E-state index contributed by atoms with van der Waals surface area (Å²) in [7, 11) is 0. The van der Waals surface area contributed by atoms with Crippen molar-refractivity contribution in [3.05, 3.63) is 0 Å². The van der Waals surface area contributed by atoms with Gasteiger partial charge >= 0.3 is 0 Å². The minimum atomic E-state index is 0.133. The van der Waals surface area contributed by atoms with Gasteiger partial charge in [0.1, 0.15) is 6.61 Å². The number of rotatable bonds is 9. The van der Waals surface area contributed by atoms with Crippen LogP contribution in [-0.4, -0.2) is 25.0 Å². The van der Waals surface area contributed by atoms with Crippen LogP contribution in [0.5, 0.6) is 0 Å². The Labute approximate surface area is 99.7 Å². The minimum absolute atomic E-state index is 0.133. The maximum atomic E-state index is 11.5. The van der Waals surface area contributed by atoms with Gasteiger partial charge in [0.2, 0.25) is 0 Å². The largest absolute Gasteiger partial charge is 0.371 e. The van der Waals surface area contributed by atoms with Crippen molar-refractivity contribution in [1.29, 1.82) is 0 Å². The predicted octanol–water partition coefficient (Wildman–Crippen LogP) is 2.38. The highest BCUT2D eigenvalue weighted by Crippen LogP contribution is 2.20. The van der Waals surface area contributed by atoms with Gasteiger partial charge in [0.15, 0.2) is 5.78 Å². The summed E-state index contributed by atoms with van der Waals surface area (Å²) >= 11 is 0. The molecule has 1 unspecified atom stereocenters. The number of carbonyl (C=O) groups is 1. The first-order valence-corrected chi connectivity index (χ1v) is 6.30. The van der Waals surface area contributed by atoms with Crippen molar-refractivity contribution >= 4 is 5.78 Å². The number of ether oxygens (including phenoxy) is 1. The molecule has 96 valence electrons. The van der Waals surface area contributed by atoms with E-state index in [9.17, 15) is 4.79 Å². The summed E-state index contributed by atoms with van der Waals surface area (Å²) in [4.78, 5) is 11.5. The highest BCUT2D eigenvalue weighted by Gasteiger charge is 2.14.